The van der Waals surface area contributed by atoms with Gasteiger partial charge in [-0.1, -0.05) is 24.3 Å². The van der Waals surface area contributed by atoms with E-state index in [1.54, 1.807) is 19.2 Å². The fourth-order valence-electron chi connectivity index (χ4n) is 2.00. The van der Waals surface area contributed by atoms with Crippen molar-refractivity contribution < 1.29 is 19.0 Å². The molecule has 2 aromatic carbocycles. The summed E-state index contributed by atoms with van der Waals surface area (Å²) in [5.41, 5.74) is 1.85. The number of carboxylic acids is 1. The Balaban J connectivity index is 2.57. The summed E-state index contributed by atoms with van der Waals surface area (Å²) in [6, 6.07) is 11.4. The van der Waals surface area contributed by atoms with Gasteiger partial charge in [0.05, 0.1) is 13.5 Å². The van der Waals surface area contributed by atoms with E-state index >= 15 is 0 Å². The Kier molecular flexibility index (Phi) is 3.80. The molecule has 2 aromatic rings. The van der Waals surface area contributed by atoms with Gasteiger partial charge in [0.2, 0.25) is 0 Å². The molecule has 0 fully saturated rings. The van der Waals surface area contributed by atoms with Gasteiger partial charge >= 0.3 is 5.97 Å². The second-order valence-corrected chi connectivity index (χ2v) is 4.07. The number of carboxylic acid groups (broad SMARTS) is 1. The lowest BCUT2D eigenvalue weighted by molar-refractivity contribution is -0.136. The lowest BCUT2D eigenvalue weighted by atomic mass is 9.97. The predicted molar refractivity (Wildman–Crippen MR) is 69.7 cm³/mol. The highest BCUT2D eigenvalue weighted by Crippen LogP contribution is 2.32. The first kappa shape index (κ1) is 13.1. The minimum atomic E-state index is -0.998. The Morgan fingerprint density at radius 1 is 1.21 bits per heavy atom. The van der Waals surface area contributed by atoms with Crippen LogP contribution in [0.4, 0.5) is 4.39 Å². The minimum Gasteiger partial charge on any atom is -0.496 e. The van der Waals surface area contributed by atoms with E-state index in [1.807, 2.05) is 18.2 Å². The van der Waals surface area contributed by atoms with Crippen molar-refractivity contribution in [2.24, 2.45) is 0 Å². The highest BCUT2D eigenvalue weighted by atomic mass is 19.1. The molecule has 19 heavy (non-hydrogen) atoms. The number of carbonyl (C=O) groups is 1. The van der Waals surface area contributed by atoms with Gasteiger partial charge in [-0.25, -0.2) is 4.39 Å². The van der Waals surface area contributed by atoms with Crippen LogP contribution in [0.5, 0.6) is 5.75 Å². The van der Waals surface area contributed by atoms with E-state index in [1.165, 1.54) is 12.1 Å². The lowest BCUT2D eigenvalue weighted by Crippen LogP contribution is -2.03. The molecule has 0 saturated carbocycles. The van der Waals surface area contributed by atoms with Crippen molar-refractivity contribution in [3.63, 3.8) is 0 Å². The summed E-state index contributed by atoms with van der Waals surface area (Å²) in [7, 11) is 1.54. The summed E-state index contributed by atoms with van der Waals surface area (Å²) in [6.07, 6.45) is -0.231. The molecule has 0 bridgehead atoms. The number of hydrogen-bond donors (Lipinski definition) is 1. The summed E-state index contributed by atoms with van der Waals surface area (Å²) >= 11 is 0. The number of ether oxygens (including phenoxy) is 1. The van der Waals surface area contributed by atoms with E-state index < -0.39 is 11.8 Å². The number of methoxy groups -OCH3 is 1. The number of benzene rings is 2. The van der Waals surface area contributed by atoms with Crippen molar-refractivity contribution in [2.75, 3.05) is 7.11 Å². The molecule has 0 atom stereocenters. The van der Waals surface area contributed by atoms with Crippen molar-refractivity contribution in [2.45, 2.75) is 6.42 Å². The first-order valence-electron chi connectivity index (χ1n) is 5.75. The van der Waals surface area contributed by atoms with Crippen LogP contribution in [0.1, 0.15) is 5.56 Å². The van der Waals surface area contributed by atoms with Crippen molar-refractivity contribution in [3.05, 3.63) is 53.8 Å². The third kappa shape index (κ3) is 2.91. The van der Waals surface area contributed by atoms with Crippen molar-refractivity contribution in [1.82, 2.24) is 0 Å². The smallest absolute Gasteiger partial charge is 0.307 e. The maximum atomic E-state index is 13.3. The Hall–Kier alpha value is -2.36. The zero-order valence-electron chi connectivity index (χ0n) is 10.4. The van der Waals surface area contributed by atoms with Crippen LogP contribution in [0, 0.1) is 5.82 Å². The van der Waals surface area contributed by atoms with E-state index in [4.69, 9.17) is 9.84 Å². The molecule has 0 amide bonds. The SMILES string of the molecule is COc1ccccc1-c1ccc(F)cc1CC(=O)O. The van der Waals surface area contributed by atoms with E-state index in [9.17, 15) is 9.18 Å². The number of para-hydroxylation sites is 1. The second-order valence-electron chi connectivity index (χ2n) is 4.07. The molecule has 0 aliphatic carbocycles. The summed E-state index contributed by atoms with van der Waals surface area (Å²) in [5.74, 6) is -0.822. The van der Waals surface area contributed by atoms with Gasteiger partial charge < -0.3 is 9.84 Å². The van der Waals surface area contributed by atoms with Crippen molar-refractivity contribution in [3.8, 4) is 16.9 Å². The molecule has 1 N–H and O–H groups in total. The maximum Gasteiger partial charge on any atom is 0.307 e. The van der Waals surface area contributed by atoms with Gasteiger partial charge in [-0.3, -0.25) is 4.79 Å². The molecule has 98 valence electrons. The van der Waals surface area contributed by atoms with Crippen LogP contribution in [0.3, 0.4) is 0 Å². The van der Waals surface area contributed by atoms with E-state index in [2.05, 4.69) is 0 Å². The lowest BCUT2D eigenvalue weighted by Gasteiger charge is -2.12. The molecule has 0 heterocycles. The van der Waals surface area contributed by atoms with Crippen LogP contribution in [-0.4, -0.2) is 18.2 Å². The molecule has 4 heteroatoms. The average Bonchev–Trinajstić information content (AvgIpc) is 2.38. The van der Waals surface area contributed by atoms with Gasteiger partial charge in [-0.05, 0) is 29.3 Å². The topological polar surface area (TPSA) is 46.5 Å². The Bertz CT molecular complexity index is 608. The Labute approximate surface area is 110 Å². The molecular formula is C15H13FO3. The zero-order valence-corrected chi connectivity index (χ0v) is 10.4. The molecule has 2 rings (SSSR count). The van der Waals surface area contributed by atoms with Crippen LogP contribution in [0.25, 0.3) is 11.1 Å². The van der Waals surface area contributed by atoms with E-state index in [0.717, 1.165) is 5.56 Å². The molecule has 0 aliphatic heterocycles. The van der Waals surface area contributed by atoms with Crippen LogP contribution in [0.15, 0.2) is 42.5 Å². The molecule has 0 aromatic heterocycles. The monoisotopic (exact) mass is 260 g/mol. The molecule has 0 spiro atoms. The first-order valence-corrected chi connectivity index (χ1v) is 5.75. The number of rotatable bonds is 4. The van der Waals surface area contributed by atoms with Crippen LogP contribution in [0.2, 0.25) is 0 Å². The van der Waals surface area contributed by atoms with Gasteiger partial charge in [0, 0.05) is 5.56 Å². The molecule has 0 radical (unpaired) electrons. The quantitative estimate of drug-likeness (QED) is 0.918. The third-order valence-corrected chi connectivity index (χ3v) is 2.81. The summed E-state index contributed by atoms with van der Waals surface area (Å²) in [4.78, 5) is 10.9. The highest BCUT2D eigenvalue weighted by Gasteiger charge is 2.13. The summed E-state index contributed by atoms with van der Waals surface area (Å²) in [6.45, 7) is 0. The molecule has 0 saturated heterocycles. The van der Waals surface area contributed by atoms with Crippen LogP contribution >= 0.6 is 0 Å². The molecule has 3 nitrogen and oxygen atoms in total. The number of hydrogen-bond acceptors (Lipinski definition) is 2. The van der Waals surface area contributed by atoms with Gasteiger partial charge in [-0.2, -0.15) is 0 Å². The first-order chi connectivity index (χ1) is 9.11. The van der Waals surface area contributed by atoms with Gasteiger partial charge in [0.25, 0.3) is 0 Å². The van der Waals surface area contributed by atoms with Gasteiger partial charge in [-0.15, -0.1) is 0 Å². The normalized spacial score (nSPS) is 10.2. The fraction of sp³-hybridized carbons (Fsp3) is 0.133. The Morgan fingerprint density at radius 3 is 2.63 bits per heavy atom. The van der Waals surface area contributed by atoms with Crippen molar-refractivity contribution in [1.29, 1.82) is 0 Å². The fourth-order valence-corrected chi connectivity index (χ4v) is 2.00. The summed E-state index contributed by atoms with van der Waals surface area (Å²) < 4.78 is 18.5. The molecule has 0 aliphatic rings. The van der Waals surface area contributed by atoms with Gasteiger partial charge in [0.15, 0.2) is 0 Å². The largest absolute Gasteiger partial charge is 0.496 e. The average molecular weight is 260 g/mol. The molecular weight excluding hydrogens is 247 g/mol. The Morgan fingerprint density at radius 2 is 1.95 bits per heavy atom. The second kappa shape index (κ2) is 5.52. The minimum absolute atomic E-state index is 0.231. The van der Waals surface area contributed by atoms with Crippen molar-refractivity contribution >= 4 is 5.97 Å². The number of aliphatic carboxylic acids is 1. The third-order valence-electron chi connectivity index (χ3n) is 2.81. The highest BCUT2D eigenvalue weighted by molar-refractivity contribution is 5.79. The number of halogens is 1. The van der Waals surface area contributed by atoms with Crippen LogP contribution < -0.4 is 4.74 Å². The molecule has 0 unspecified atom stereocenters. The zero-order chi connectivity index (χ0) is 13.8. The van der Waals surface area contributed by atoms with Crippen LogP contribution in [-0.2, 0) is 11.2 Å². The predicted octanol–water partition coefficient (Wildman–Crippen LogP) is 3.13. The summed E-state index contributed by atoms with van der Waals surface area (Å²) in [5, 5.41) is 8.90. The maximum absolute atomic E-state index is 13.3. The van der Waals surface area contributed by atoms with E-state index in [-0.39, 0.29) is 6.42 Å². The van der Waals surface area contributed by atoms with E-state index in [0.29, 0.717) is 16.9 Å². The standard InChI is InChI=1S/C15H13FO3/c1-19-14-5-3-2-4-13(14)12-7-6-11(16)8-10(12)9-15(17)18/h2-8H,9H2,1H3,(H,17,18). The van der Waals surface area contributed by atoms with Gasteiger partial charge in [0.1, 0.15) is 11.6 Å².